The fourth-order valence-electron chi connectivity index (χ4n) is 1.04. The van der Waals surface area contributed by atoms with Gasteiger partial charge in [0, 0.05) is 16.8 Å². The van der Waals surface area contributed by atoms with Crippen molar-refractivity contribution in [1.82, 2.24) is 19.7 Å². The quantitative estimate of drug-likeness (QED) is 0.746. The fourth-order valence-corrected chi connectivity index (χ4v) is 1.50. The largest absolute Gasteiger partial charge is 0.315 e. The zero-order valence-electron chi connectivity index (χ0n) is 6.98. The van der Waals surface area contributed by atoms with Crippen molar-refractivity contribution in [2.45, 2.75) is 0 Å². The third kappa shape index (κ3) is 1.69. The molecule has 0 unspecified atom stereocenters. The van der Waals surface area contributed by atoms with Gasteiger partial charge < -0.3 is 4.57 Å². The molecule has 0 spiro atoms. The van der Waals surface area contributed by atoms with Crippen LogP contribution in [0.5, 0.6) is 0 Å². The van der Waals surface area contributed by atoms with Gasteiger partial charge in [0.25, 0.3) is 0 Å². The first-order valence-corrected chi connectivity index (χ1v) is 4.81. The summed E-state index contributed by atoms with van der Waals surface area (Å²) in [4.78, 5) is 4.21. The SMILES string of the molecule is Cn1cnnc1-c1cc(I)ccn1. The van der Waals surface area contributed by atoms with Crippen LogP contribution in [0.3, 0.4) is 0 Å². The molecule has 0 aliphatic carbocycles. The summed E-state index contributed by atoms with van der Waals surface area (Å²) in [7, 11) is 1.90. The van der Waals surface area contributed by atoms with E-state index in [0.29, 0.717) is 0 Å². The predicted octanol–water partition coefficient (Wildman–Crippen LogP) is 1.48. The van der Waals surface area contributed by atoms with E-state index >= 15 is 0 Å². The molecular formula is C8H7IN4. The van der Waals surface area contributed by atoms with Crippen LogP contribution in [0.2, 0.25) is 0 Å². The average Bonchev–Trinajstić information content (AvgIpc) is 2.51. The zero-order valence-corrected chi connectivity index (χ0v) is 9.13. The van der Waals surface area contributed by atoms with Crippen LogP contribution < -0.4 is 0 Å². The lowest BCUT2D eigenvalue weighted by atomic mass is 10.3. The highest BCUT2D eigenvalue weighted by atomic mass is 127. The number of hydrogen-bond donors (Lipinski definition) is 0. The number of hydrogen-bond acceptors (Lipinski definition) is 3. The number of aromatic nitrogens is 4. The Hall–Kier alpha value is -0.980. The standard InChI is InChI=1S/C8H7IN4/c1-13-5-11-12-8(13)7-4-6(9)2-3-10-7/h2-5H,1H3. The molecular weight excluding hydrogens is 279 g/mol. The van der Waals surface area contributed by atoms with E-state index in [1.807, 2.05) is 23.7 Å². The smallest absolute Gasteiger partial charge is 0.182 e. The Labute approximate surface area is 89.2 Å². The molecule has 0 fully saturated rings. The second-order valence-corrected chi connectivity index (χ2v) is 3.87. The van der Waals surface area contributed by atoms with Gasteiger partial charge in [-0.25, -0.2) is 0 Å². The van der Waals surface area contributed by atoms with Gasteiger partial charge in [-0.3, -0.25) is 4.98 Å². The molecule has 0 aliphatic heterocycles. The van der Waals surface area contributed by atoms with Crippen LogP contribution in [-0.2, 0) is 7.05 Å². The van der Waals surface area contributed by atoms with Gasteiger partial charge in [0.05, 0.1) is 0 Å². The number of halogens is 1. The van der Waals surface area contributed by atoms with Gasteiger partial charge in [0.15, 0.2) is 5.82 Å². The first-order valence-electron chi connectivity index (χ1n) is 3.73. The van der Waals surface area contributed by atoms with E-state index in [1.54, 1.807) is 12.5 Å². The monoisotopic (exact) mass is 286 g/mol. The second kappa shape index (κ2) is 3.41. The van der Waals surface area contributed by atoms with Gasteiger partial charge in [-0.1, -0.05) is 0 Å². The Balaban J connectivity index is 2.53. The maximum Gasteiger partial charge on any atom is 0.182 e. The van der Waals surface area contributed by atoms with E-state index in [-0.39, 0.29) is 0 Å². The molecule has 2 rings (SSSR count). The Morgan fingerprint density at radius 2 is 2.31 bits per heavy atom. The highest BCUT2D eigenvalue weighted by molar-refractivity contribution is 14.1. The first kappa shape index (κ1) is 8.61. The minimum atomic E-state index is 0.790. The fraction of sp³-hybridized carbons (Fsp3) is 0.125. The molecule has 2 aromatic rings. The van der Waals surface area contributed by atoms with Crippen molar-refractivity contribution in [2.75, 3.05) is 0 Å². The number of aryl methyl sites for hydroxylation is 1. The van der Waals surface area contributed by atoms with Crippen molar-refractivity contribution >= 4 is 22.6 Å². The molecule has 2 heterocycles. The lowest BCUT2D eigenvalue weighted by molar-refractivity contribution is 0.913. The van der Waals surface area contributed by atoms with Crippen LogP contribution in [0, 0.1) is 3.57 Å². The number of pyridine rings is 1. The average molecular weight is 286 g/mol. The van der Waals surface area contributed by atoms with E-state index in [1.165, 1.54) is 0 Å². The minimum absolute atomic E-state index is 0.790. The summed E-state index contributed by atoms with van der Waals surface area (Å²) in [6, 6.07) is 3.92. The summed E-state index contributed by atoms with van der Waals surface area (Å²) in [6.07, 6.45) is 3.43. The second-order valence-electron chi connectivity index (χ2n) is 2.62. The van der Waals surface area contributed by atoms with Crippen LogP contribution in [0.4, 0.5) is 0 Å². The summed E-state index contributed by atoms with van der Waals surface area (Å²) >= 11 is 2.24. The van der Waals surface area contributed by atoms with Crippen LogP contribution in [0.25, 0.3) is 11.5 Å². The van der Waals surface area contributed by atoms with E-state index in [2.05, 4.69) is 37.8 Å². The van der Waals surface area contributed by atoms with Crippen LogP contribution in [0.15, 0.2) is 24.7 Å². The van der Waals surface area contributed by atoms with Crippen LogP contribution in [0.1, 0.15) is 0 Å². The minimum Gasteiger partial charge on any atom is -0.315 e. The highest BCUT2D eigenvalue weighted by Crippen LogP contribution is 2.14. The van der Waals surface area contributed by atoms with Crippen molar-refractivity contribution in [3.63, 3.8) is 0 Å². The molecule has 0 aromatic carbocycles. The topological polar surface area (TPSA) is 43.6 Å². The van der Waals surface area contributed by atoms with Crippen LogP contribution in [-0.4, -0.2) is 19.7 Å². The molecule has 5 heteroatoms. The number of nitrogens with zero attached hydrogens (tertiary/aromatic N) is 4. The lowest BCUT2D eigenvalue weighted by Crippen LogP contribution is -1.93. The van der Waals surface area contributed by atoms with Gasteiger partial charge in [0.2, 0.25) is 0 Å². The van der Waals surface area contributed by atoms with Crippen molar-refractivity contribution in [3.05, 3.63) is 28.2 Å². The third-order valence-electron chi connectivity index (χ3n) is 1.66. The van der Waals surface area contributed by atoms with E-state index in [9.17, 15) is 0 Å². The van der Waals surface area contributed by atoms with Gasteiger partial charge in [-0.15, -0.1) is 10.2 Å². The summed E-state index contributed by atoms with van der Waals surface area (Å²) < 4.78 is 2.99. The Morgan fingerprint density at radius 3 is 2.92 bits per heavy atom. The van der Waals surface area contributed by atoms with Gasteiger partial charge >= 0.3 is 0 Å². The third-order valence-corrected chi connectivity index (χ3v) is 2.33. The van der Waals surface area contributed by atoms with E-state index in [0.717, 1.165) is 15.1 Å². The van der Waals surface area contributed by atoms with E-state index in [4.69, 9.17) is 0 Å². The molecule has 0 radical (unpaired) electrons. The molecule has 66 valence electrons. The molecule has 2 aromatic heterocycles. The highest BCUT2D eigenvalue weighted by Gasteiger charge is 2.05. The Kier molecular flexibility index (Phi) is 2.26. The molecule has 0 saturated carbocycles. The predicted molar refractivity (Wildman–Crippen MR) is 57.0 cm³/mol. The molecule has 0 amide bonds. The molecule has 0 atom stereocenters. The molecule has 4 nitrogen and oxygen atoms in total. The van der Waals surface area contributed by atoms with Gasteiger partial charge in [-0.05, 0) is 34.7 Å². The lowest BCUT2D eigenvalue weighted by Gasteiger charge is -1.98. The summed E-state index contributed by atoms with van der Waals surface area (Å²) in [5, 5.41) is 7.77. The zero-order chi connectivity index (χ0) is 9.26. The first-order chi connectivity index (χ1) is 6.27. The molecule has 0 N–H and O–H groups in total. The van der Waals surface area contributed by atoms with E-state index < -0.39 is 0 Å². The van der Waals surface area contributed by atoms with Gasteiger partial charge in [0.1, 0.15) is 12.0 Å². The molecule has 13 heavy (non-hydrogen) atoms. The summed E-state index contributed by atoms with van der Waals surface area (Å²) in [5.41, 5.74) is 0.854. The number of rotatable bonds is 1. The van der Waals surface area contributed by atoms with Crippen molar-refractivity contribution in [3.8, 4) is 11.5 Å². The van der Waals surface area contributed by atoms with Crippen LogP contribution >= 0.6 is 22.6 Å². The molecule has 0 aliphatic rings. The van der Waals surface area contributed by atoms with Crippen molar-refractivity contribution < 1.29 is 0 Å². The van der Waals surface area contributed by atoms with Crippen molar-refractivity contribution in [2.24, 2.45) is 7.05 Å². The summed E-state index contributed by atoms with van der Waals surface area (Å²) in [5.74, 6) is 0.790. The van der Waals surface area contributed by atoms with Gasteiger partial charge in [-0.2, -0.15) is 0 Å². The molecule has 0 saturated heterocycles. The molecule has 0 bridgehead atoms. The van der Waals surface area contributed by atoms with Crippen molar-refractivity contribution in [1.29, 1.82) is 0 Å². The normalized spacial score (nSPS) is 10.3. The Morgan fingerprint density at radius 1 is 1.46 bits per heavy atom. The summed E-state index contributed by atoms with van der Waals surface area (Å²) in [6.45, 7) is 0. The maximum atomic E-state index is 4.21. The Bertz CT molecular complexity index is 424. The maximum absolute atomic E-state index is 4.21.